The van der Waals surface area contributed by atoms with E-state index in [0.29, 0.717) is 0 Å². The van der Waals surface area contributed by atoms with Crippen molar-refractivity contribution in [1.29, 1.82) is 0 Å². The molecule has 0 N–H and O–H groups in total. The van der Waals surface area contributed by atoms with Gasteiger partial charge in [0.2, 0.25) is 0 Å². The van der Waals surface area contributed by atoms with Crippen LogP contribution in [0.15, 0.2) is 28.1 Å². The number of para-hydroxylation sites is 1. The van der Waals surface area contributed by atoms with Gasteiger partial charge in [0.05, 0.1) is 23.1 Å². The van der Waals surface area contributed by atoms with Crippen molar-refractivity contribution in [1.82, 2.24) is 4.98 Å². The molecule has 3 rings (SSSR count). The molecule has 0 aliphatic carbocycles. The molecule has 0 bridgehead atoms. The van der Waals surface area contributed by atoms with E-state index in [1.54, 1.807) is 11.3 Å². The fourth-order valence-corrected chi connectivity index (χ4v) is 2.89. The lowest BCUT2D eigenvalue weighted by atomic mass is 10.3. The maximum absolute atomic E-state index is 4.57. The molecule has 0 amide bonds. The van der Waals surface area contributed by atoms with Crippen molar-refractivity contribution in [2.75, 3.05) is 18.0 Å². The van der Waals surface area contributed by atoms with Crippen molar-refractivity contribution in [3.05, 3.63) is 18.2 Å². The van der Waals surface area contributed by atoms with Gasteiger partial charge in [0.25, 0.3) is 0 Å². The van der Waals surface area contributed by atoms with Crippen LogP contribution in [0, 0.1) is 0 Å². The van der Waals surface area contributed by atoms with Crippen LogP contribution in [0.2, 0.25) is 0 Å². The van der Waals surface area contributed by atoms with E-state index < -0.39 is 0 Å². The normalized spacial score (nSPS) is 15.4. The highest BCUT2D eigenvalue weighted by atomic mass is 32.1. The summed E-state index contributed by atoms with van der Waals surface area (Å²) < 4.78 is 1.18. The molecule has 0 saturated carbocycles. The van der Waals surface area contributed by atoms with Crippen LogP contribution in [0.3, 0.4) is 0 Å². The number of benzene rings is 1. The van der Waals surface area contributed by atoms with Crippen molar-refractivity contribution in [3.63, 3.8) is 0 Å². The zero-order valence-electron chi connectivity index (χ0n) is 7.92. The second kappa shape index (κ2) is 3.50. The van der Waals surface area contributed by atoms with Crippen LogP contribution in [0.4, 0.5) is 5.13 Å². The summed E-state index contributed by atoms with van der Waals surface area (Å²) in [5.41, 5.74) is 0.987. The van der Waals surface area contributed by atoms with Gasteiger partial charge in [-0.15, -0.1) is 12.6 Å². The zero-order valence-corrected chi connectivity index (χ0v) is 9.63. The summed E-state index contributed by atoms with van der Waals surface area (Å²) in [5.74, 6) is 0. The first kappa shape index (κ1) is 9.18. The number of anilines is 1. The third-order valence-corrected chi connectivity index (χ3v) is 3.74. The first-order valence-electron chi connectivity index (χ1n) is 4.70. The van der Waals surface area contributed by atoms with Gasteiger partial charge in [0, 0.05) is 11.4 Å². The quantitative estimate of drug-likeness (QED) is 0.769. The molecule has 0 unspecified atom stereocenters. The first-order chi connectivity index (χ1) is 7.34. The summed E-state index contributed by atoms with van der Waals surface area (Å²) >= 11 is 6.08. The molecule has 1 aromatic carbocycles. The summed E-state index contributed by atoms with van der Waals surface area (Å²) in [6.07, 6.45) is 1.86. The number of nitrogens with zero attached hydrogens (tertiary/aromatic N) is 3. The van der Waals surface area contributed by atoms with E-state index in [9.17, 15) is 0 Å². The summed E-state index contributed by atoms with van der Waals surface area (Å²) in [6, 6.07) is 6.04. The molecule has 1 aliphatic rings. The third kappa shape index (κ3) is 1.52. The second-order valence-corrected chi connectivity index (χ2v) is 4.83. The molecule has 5 heteroatoms. The lowest BCUT2D eigenvalue weighted by Gasteiger charge is -2.07. The topological polar surface area (TPSA) is 28.5 Å². The van der Waals surface area contributed by atoms with Crippen LogP contribution in [0.5, 0.6) is 0 Å². The minimum Gasteiger partial charge on any atom is -0.307 e. The van der Waals surface area contributed by atoms with Gasteiger partial charge in [-0.1, -0.05) is 17.4 Å². The summed E-state index contributed by atoms with van der Waals surface area (Å²) in [5, 5.41) is 1.01. The number of hydrogen-bond donors (Lipinski definition) is 1. The predicted octanol–water partition coefficient (Wildman–Crippen LogP) is 2.43. The molecule has 15 heavy (non-hydrogen) atoms. The molecular formula is C10H9N3S2. The maximum atomic E-state index is 4.57. The van der Waals surface area contributed by atoms with Gasteiger partial charge in [-0.3, -0.25) is 4.99 Å². The molecule has 0 atom stereocenters. The minimum absolute atomic E-state index is 0.865. The van der Waals surface area contributed by atoms with Crippen LogP contribution in [-0.4, -0.2) is 24.4 Å². The average molecular weight is 235 g/mol. The molecule has 0 saturated heterocycles. The Bertz CT molecular complexity index is 532. The highest BCUT2D eigenvalue weighted by Crippen LogP contribution is 2.31. The Morgan fingerprint density at radius 2 is 2.33 bits per heavy atom. The van der Waals surface area contributed by atoms with Gasteiger partial charge < -0.3 is 4.90 Å². The van der Waals surface area contributed by atoms with Gasteiger partial charge >= 0.3 is 0 Å². The summed E-state index contributed by atoms with van der Waals surface area (Å²) in [7, 11) is 0. The van der Waals surface area contributed by atoms with Crippen molar-refractivity contribution in [2.45, 2.75) is 4.90 Å². The minimum atomic E-state index is 0.865. The van der Waals surface area contributed by atoms with E-state index >= 15 is 0 Å². The number of hydrogen-bond acceptors (Lipinski definition) is 5. The lowest BCUT2D eigenvalue weighted by Crippen LogP contribution is -2.17. The first-order valence-corrected chi connectivity index (χ1v) is 5.96. The summed E-state index contributed by atoms with van der Waals surface area (Å²) in [6.45, 7) is 1.80. The molecular weight excluding hydrogens is 226 g/mol. The Morgan fingerprint density at radius 3 is 3.07 bits per heavy atom. The Morgan fingerprint density at radius 1 is 1.40 bits per heavy atom. The molecule has 3 nitrogen and oxygen atoms in total. The van der Waals surface area contributed by atoms with Crippen molar-refractivity contribution in [2.24, 2.45) is 4.99 Å². The van der Waals surface area contributed by atoms with E-state index in [2.05, 4.69) is 33.6 Å². The van der Waals surface area contributed by atoms with E-state index in [1.807, 2.05) is 18.5 Å². The van der Waals surface area contributed by atoms with Crippen LogP contribution < -0.4 is 4.90 Å². The monoisotopic (exact) mass is 235 g/mol. The highest BCUT2D eigenvalue weighted by Gasteiger charge is 2.13. The van der Waals surface area contributed by atoms with Crippen LogP contribution in [0.25, 0.3) is 10.2 Å². The van der Waals surface area contributed by atoms with E-state index in [4.69, 9.17) is 0 Å². The van der Waals surface area contributed by atoms with Crippen LogP contribution >= 0.6 is 24.0 Å². The van der Waals surface area contributed by atoms with Gasteiger partial charge in [0.15, 0.2) is 5.13 Å². The molecule has 0 fully saturated rings. The van der Waals surface area contributed by atoms with Gasteiger partial charge in [-0.2, -0.15) is 0 Å². The second-order valence-electron chi connectivity index (χ2n) is 3.34. The van der Waals surface area contributed by atoms with Gasteiger partial charge in [-0.05, 0) is 12.1 Å². The van der Waals surface area contributed by atoms with Crippen molar-refractivity contribution >= 4 is 45.7 Å². The standard InChI is InChI=1S/C10H9N3S2/c14-7-2-1-3-8-9(7)12-10(15-8)13-5-4-11-6-13/h1-3,6,14H,4-5H2. The fourth-order valence-electron chi connectivity index (χ4n) is 1.57. The largest absolute Gasteiger partial charge is 0.307 e. The number of aromatic nitrogens is 1. The highest BCUT2D eigenvalue weighted by molar-refractivity contribution is 7.80. The van der Waals surface area contributed by atoms with E-state index in [0.717, 1.165) is 28.6 Å². The third-order valence-electron chi connectivity index (χ3n) is 2.32. The molecule has 1 aromatic heterocycles. The van der Waals surface area contributed by atoms with Crippen molar-refractivity contribution < 1.29 is 0 Å². The van der Waals surface area contributed by atoms with Gasteiger partial charge in [-0.25, -0.2) is 4.98 Å². The number of thiol groups is 1. The van der Waals surface area contributed by atoms with Crippen LogP contribution in [-0.2, 0) is 0 Å². The van der Waals surface area contributed by atoms with Gasteiger partial charge in [0.1, 0.15) is 0 Å². The molecule has 2 aromatic rings. The van der Waals surface area contributed by atoms with Crippen molar-refractivity contribution in [3.8, 4) is 0 Å². The Kier molecular flexibility index (Phi) is 2.14. The SMILES string of the molecule is Sc1cccc2sc(N3C=NCC3)nc12. The Hall–Kier alpha value is -1.07. The molecule has 2 heterocycles. The Labute approximate surface area is 96.9 Å². The van der Waals surface area contributed by atoms with E-state index in [-0.39, 0.29) is 0 Å². The predicted molar refractivity (Wildman–Crippen MR) is 67.6 cm³/mol. The average Bonchev–Trinajstić information content (AvgIpc) is 2.86. The Balaban J connectivity index is 2.13. The number of fused-ring (bicyclic) bond motifs is 1. The molecule has 0 spiro atoms. The number of thiazole rings is 1. The lowest BCUT2D eigenvalue weighted by molar-refractivity contribution is 1.02. The fraction of sp³-hybridized carbons (Fsp3) is 0.200. The maximum Gasteiger partial charge on any atom is 0.191 e. The molecule has 0 radical (unpaired) electrons. The number of rotatable bonds is 1. The summed E-state index contributed by atoms with van der Waals surface area (Å²) in [4.78, 5) is 11.8. The van der Waals surface area contributed by atoms with E-state index in [1.165, 1.54) is 4.70 Å². The molecule has 76 valence electrons. The van der Waals surface area contributed by atoms with Crippen LogP contribution in [0.1, 0.15) is 0 Å². The zero-order chi connectivity index (χ0) is 10.3. The molecule has 1 aliphatic heterocycles. The number of aliphatic imine (C=N–C) groups is 1. The smallest absolute Gasteiger partial charge is 0.191 e.